The molecule has 2 amide bonds. The van der Waals surface area contributed by atoms with Crippen molar-refractivity contribution in [2.75, 3.05) is 42.3 Å². The number of piperazine rings is 1. The lowest BCUT2D eigenvalue weighted by Gasteiger charge is -2.51. The summed E-state index contributed by atoms with van der Waals surface area (Å²) in [5, 5.41) is 6.99. The molecular formula is C32H32ClN7O4S. The molecule has 3 aromatic heterocycles. The number of methoxy groups -OCH3 is 1. The number of hydrogen-bond acceptors (Lipinski definition) is 10. The summed E-state index contributed by atoms with van der Waals surface area (Å²) in [4.78, 5) is 43.6. The molecule has 0 bridgehead atoms. The van der Waals surface area contributed by atoms with Gasteiger partial charge in [0, 0.05) is 31.4 Å². The van der Waals surface area contributed by atoms with Crippen molar-refractivity contribution in [1.82, 2.24) is 19.9 Å². The van der Waals surface area contributed by atoms with Crippen molar-refractivity contribution in [2.24, 2.45) is 0 Å². The minimum Gasteiger partial charge on any atom is -0.493 e. The molecule has 2 N–H and O–H groups in total. The molecule has 1 atom stereocenters. The zero-order chi connectivity index (χ0) is 31.9. The number of anilines is 4. The van der Waals surface area contributed by atoms with Crippen LogP contribution in [0.3, 0.4) is 0 Å². The highest BCUT2D eigenvalue weighted by molar-refractivity contribution is 7.17. The van der Waals surface area contributed by atoms with Gasteiger partial charge < -0.3 is 29.9 Å². The van der Waals surface area contributed by atoms with E-state index >= 15 is 0 Å². The van der Waals surface area contributed by atoms with Crippen molar-refractivity contribution in [3.05, 3.63) is 76.9 Å². The Morgan fingerprint density at radius 2 is 2.02 bits per heavy atom. The maximum atomic E-state index is 12.9. The van der Waals surface area contributed by atoms with Gasteiger partial charge >= 0.3 is 0 Å². The number of nitrogens with one attached hydrogen (secondary N) is 2. The highest BCUT2D eigenvalue weighted by Gasteiger charge is 2.46. The van der Waals surface area contributed by atoms with Gasteiger partial charge in [0.1, 0.15) is 10.5 Å². The third kappa shape index (κ3) is 5.90. The predicted octanol–water partition coefficient (Wildman–Crippen LogP) is 5.94. The van der Waals surface area contributed by atoms with Gasteiger partial charge in [-0.2, -0.15) is 0 Å². The Labute approximate surface area is 269 Å². The molecule has 0 saturated carbocycles. The fourth-order valence-corrected chi connectivity index (χ4v) is 6.52. The van der Waals surface area contributed by atoms with Crippen molar-refractivity contribution in [1.29, 1.82) is 0 Å². The van der Waals surface area contributed by atoms with Crippen LogP contribution in [0.15, 0.2) is 61.4 Å². The summed E-state index contributed by atoms with van der Waals surface area (Å²) >= 11 is 7.46. The highest BCUT2D eigenvalue weighted by Crippen LogP contribution is 2.42. The van der Waals surface area contributed by atoms with E-state index in [1.165, 1.54) is 23.6 Å². The fourth-order valence-electron chi connectivity index (χ4n) is 5.55. The number of benzene rings is 1. The number of hydrogen-bond donors (Lipinski definition) is 2. The van der Waals surface area contributed by atoms with Crippen LogP contribution in [0.2, 0.25) is 5.02 Å². The smallest absolute Gasteiger partial charge is 0.267 e. The van der Waals surface area contributed by atoms with Crippen LogP contribution in [-0.2, 0) is 4.79 Å². The molecule has 232 valence electrons. The largest absolute Gasteiger partial charge is 0.493 e. The second kappa shape index (κ2) is 12.0. The lowest BCUT2D eigenvalue weighted by Crippen LogP contribution is -2.65. The number of rotatable bonds is 7. The van der Waals surface area contributed by atoms with Crippen LogP contribution in [0.5, 0.6) is 11.5 Å². The van der Waals surface area contributed by atoms with Gasteiger partial charge in [-0.25, -0.2) is 15.0 Å². The van der Waals surface area contributed by atoms with E-state index in [4.69, 9.17) is 31.0 Å². The second-order valence-electron chi connectivity index (χ2n) is 11.2. The Morgan fingerprint density at radius 1 is 1.20 bits per heavy atom. The Balaban J connectivity index is 1.23. The van der Waals surface area contributed by atoms with Crippen molar-refractivity contribution >= 4 is 57.2 Å². The van der Waals surface area contributed by atoms with Gasteiger partial charge in [-0.15, -0.1) is 0 Å². The molecular weight excluding hydrogens is 614 g/mol. The minimum atomic E-state index is -0.577. The van der Waals surface area contributed by atoms with E-state index in [-0.39, 0.29) is 17.9 Å². The van der Waals surface area contributed by atoms with Crippen LogP contribution >= 0.6 is 22.9 Å². The Hall–Kier alpha value is -4.68. The number of ether oxygens (including phenoxy) is 2. The van der Waals surface area contributed by atoms with E-state index < -0.39 is 5.60 Å². The topological polar surface area (TPSA) is 122 Å². The van der Waals surface area contributed by atoms with E-state index in [1.807, 2.05) is 51.1 Å². The predicted molar refractivity (Wildman–Crippen MR) is 176 cm³/mol. The van der Waals surface area contributed by atoms with Gasteiger partial charge in [0.2, 0.25) is 5.91 Å². The molecule has 45 heavy (non-hydrogen) atoms. The first-order valence-electron chi connectivity index (χ1n) is 14.3. The molecule has 1 saturated heterocycles. The molecule has 1 aromatic carbocycles. The third-order valence-corrected chi connectivity index (χ3v) is 9.16. The maximum Gasteiger partial charge on any atom is 0.267 e. The van der Waals surface area contributed by atoms with Crippen molar-refractivity contribution in [3.63, 3.8) is 0 Å². The number of amides is 2. The van der Waals surface area contributed by atoms with Crippen molar-refractivity contribution in [2.45, 2.75) is 32.4 Å². The number of aromatic nitrogens is 3. The monoisotopic (exact) mass is 645 g/mol. The molecule has 6 rings (SSSR count). The van der Waals surface area contributed by atoms with Gasteiger partial charge in [0.05, 0.1) is 35.8 Å². The number of carbonyl (C=O) groups is 2. The first-order chi connectivity index (χ1) is 21.6. The third-order valence-electron chi connectivity index (χ3n) is 7.94. The van der Waals surface area contributed by atoms with Crippen molar-refractivity contribution in [3.8, 4) is 22.8 Å². The first kappa shape index (κ1) is 30.4. The van der Waals surface area contributed by atoms with Crippen LogP contribution in [0.25, 0.3) is 11.3 Å². The van der Waals surface area contributed by atoms with Crippen LogP contribution in [0, 0.1) is 6.92 Å². The summed E-state index contributed by atoms with van der Waals surface area (Å²) in [6.45, 7) is 11.3. The molecule has 4 aromatic rings. The molecule has 11 nitrogen and oxygen atoms in total. The maximum absolute atomic E-state index is 12.9. The standard InChI is InChI=1S/C32H32ClN7O4S/c1-6-26(41)39-12-13-40-25(17-39)32(3,4)44-23-14-19(15-34-29(23)40)21-10-11-22(43-5)28(36-21)38-31-35-16-24(45-31)30(42)37-27-18(2)8-7-9-20(27)33/h6-11,14-16,25H,1,12-13,17H2,2-5H3,(H,37,42)(H,35,36,38). The molecule has 0 spiro atoms. The van der Waals surface area contributed by atoms with Gasteiger partial charge in [-0.05, 0) is 56.7 Å². The molecule has 13 heteroatoms. The van der Waals surface area contributed by atoms with Crippen LogP contribution in [0.4, 0.5) is 22.5 Å². The number of aryl methyl sites for hydroxylation is 1. The summed E-state index contributed by atoms with van der Waals surface area (Å²) in [6.07, 6.45) is 4.61. The minimum absolute atomic E-state index is 0.0603. The second-order valence-corrected chi connectivity index (χ2v) is 12.7. The number of fused-ring (bicyclic) bond motifs is 3. The van der Waals surface area contributed by atoms with E-state index in [2.05, 4.69) is 27.1 Å². The summed E-state index contributed by atoms with van der Waals surface area (Å²) in [7, 11) is 1.56. The summed E-state index contributed by atoms with van der Waals surface area (Å²) in [6, 6.07) is 11.0. The molecule has 1 unspecified atom stereocenters. The van der Waals surface area contributed by atoms with Crippen molar-refractivity contribution < 1.29 is 19.1 Å². The number of para-hydroxylation sites is 1. The zero-order valence-electron chi connectivity index (χ0n) is 25.3. The SMILES string of the molecule is C=CC(=O)N1CCN2c3ncc(-c4ccc(OC)c(Nc5ncc(C(=O)Nc6c(C)cccc6Cl)s5)n4)cc3OC(C)(C)C2C1. The van der Waals surface area contributed by atoms with Crippen LogP contribution in [0.1, 0.15) is 29.1 Å². The van der Waals surface area contributed by atoms with Gasteiger partial charge in [0.15, 0.2) is 28.3 Å². The molecule has 1 fully saturated rings. The van der Waals surface area contributed by atoms with E-state index in [0.29, 0.717) is 63.4 Å². The highest BCUT2D eigenvalue weighted by atomic mass is 35.5. The zero-order valence-corrected chi connectivity index (χ0v) is 26.8. The van der Waals surface area contributed by atoms with Gasteiger partial charge in [-0.3, -0.25) is 9.59 Å². The average Bonchev–Trinajstić information content (AvgIpc) is 3.50. The average molecular weight is 646 g/mol. The van der Waals surface area contributed by atoms with E-state index in [1.54, 1.807) is 24.3 Å². The number of pyridine rings is 2. The Morgan fingerprint density at radius 3 is 2.78 bits per heavy atom. The van der Waals surface area contributed by atoms with E-state index in [9.17, 15) is 9.59 Å². The van der Waals surface area contributed by atoms with Gasteiger partial charge in [0.25, 0.3) is 5.91 Å². The number of nitrogens with zero attached hydrogens (tertiary/aromatic N) is 5. The molecule has 0 radical (unpaired) electrons. The molecule has 0 aliphatic carbocycles. The summed E-state index contributed by atoms with van der Waals surface area (Å²) in [5.74, 6) is 1.92. The first-order valence-corrected chi connectivity index (χ1v) is 15.5. The number of halogens is 1. The summed E-state index contributed by atoms with van der Waals surface area (Å²) < 4.78 is 12.0. The molecule has 5 heterocycles. The quantitative estimate of drug-likeness (QED) is 0.235. The lowest BCUT2D eigenvalue weighted by molar-refractivity contribution is -0.127. The van der Waals surface area contributed by atoms with Crippen LogP contribution < -0.4 is 25.0 Å². The van der Waals surface area contributed by atoms with Crippen LogP contribution in [-0.4, -0.2) is 70.1 Å². The fraction of sp³-hybridized carbons (Fsp3) is 0.281. The molecule has 2 aliphatic rings. The molecule has 2 aliphatic heterocycles. The van der Waals surface area contributed by atoms with Gasteiger partial charge in [-0.1, -0.05) is 41.6 Å². The van der Waals surface area contributed by atoms with E-state index in [0.717, 1.165) is 16.9 Å². The Bertz CT molecular complexity index is 1790. The number of thiazole rings is 1. The lowest BCUT2D eigenvalue weighted by atomic mass is 9.92. The Kier molecular flexibility index (Phi) is 8.10. The normalized spacial score (nSPS) is 16.6. The summed E-state index contributed by atoms with van der Waals surface area (Å²) in [5.41, 5.74) is 2.24. The number of carbonyl (C=O) groups excluding carboxylic acids is 2.